The highest BCUT2D eigenvalue weighted by Crippen LogP contribution is 2.27. The molecule has 17 heavy (non-hydrogen) atoms. The number of nitrogens with zero attached hydrogens (tertiary/aromatic N) is 2. The molecule has 0 saturated heterocycles. The zero-order valence-electron chi connectivity index (χ0n) is 9.98. The third kappa shape index (κ3) is 3.40. The highest BCUT2D eigenvalue weighted by atomic mass is 79.9. The largest absolute Gasteiger partial charge is 0.309 e. The average molecular weight is 314 g/mol. The number of likely N-dealkylation sites (N-methyl/N-ethyl adjacent to an activating group) is 1. The van der Waals surface area contributed by atoms with Gasteiger partial charge in [0.05, 0.1) is 5.69 Å². The Labute approximate surface area is 114 Å². The van der Waals surface area contributed by atoms with E-state index in [1.165, 1.54) is 4.88 Å². The molecule has 0 aliphatic rings. The Bertz CT molecular complexity index is 478. The molecule has 5 heteroatoms. The Kier molecular flexibility index (Phi) is 4.36. The first-order chi connectivity index (χ1) is 8.19. The van der Waals surface area contributed by atoms with E-state index < -0.39 is 0 Å². The summed E-state index contributed by atoms with van der Waals surface area (Å²) in [5.74, 6) is 0. The van der Waals surface area contributed by atoms with Crippen molar-refractivity contribution in [3.05, 3.63) is 38.8 Å². The number of rotatable bonds is 5. The van der Waals surface area contributed by atoms with Crippen LogP contribution < -0.4 is 5.32 Å². The van der Waals surface area contributed by atoms with E-state index in [1.54, 1.807) is 11.3 Å². The second-order valence-corrected chi connectivity index (χ2v) is 5.82. The maximum atomic E-state index is 4.43. The van der Waals surface area contributed by atoms with Gasteiger partial charge in [-0.2, -0.15) is 5.10 Å². The van der Waals surface area contributed by atoms with E-state index in [4.69, 9.17) is 0 Å². The van der Waals surface area contributed by atoms with Crippen molar-refractivity contribution in [3.8, 4) is 0 Å². The van der Waals surface area contributed by atoms with E-state index in [0.717, 1.165) is 23.1 Å². The Morgan fingerprint density at radius 2 is 2.41 bits per heavy atom. The first-order valence-electron chi connectivity index (χ1n) is 5.65. The minimum Gasteiger partial charge on any atom is -0.309 e. The lowest BCUT2D eigenvalue weighted by atomic mass is 10.1. The third-order valence-corrected chi connectivity index (χ3v) is 4.37. The van der Waals surface area contributed by atoms with Gasteiger partial charge in [-0.1, -0.05) is 6.92 Å². The lowest BCUT2D eigenvalue weighted by Crippen LogP contribution is -2.22. The van der Waals surface area contributed by atoms with E-state index in [9.17, 15) is 0 Å². The van der Waals surface area contributed by atoms with Gasteiger partial charge in [-0.3, -0.25) is 4.68 Å². The van der Waals surface area contributed by atoms with Gasteiger partial charge >= 0.3 is 0 Å². The second kappa shape index (κ2) is 5.80. The minimum atomic E-state index is 0.353. The fourth-order valence-corrected chi connectivity index (χ4v) is 3.33. The normalized spacial score (nSPS) is 12.9. The molecule has 1 unspecified atom stereocenters. The molecule has 3 nitrogen and oxygen atoms in total. The van der Waals surface area contributed by atoms with Crippen LogP contribution in [0.2, 0.25) is 0 Å². The lowest BCUT2D eigenvalue weighted by Gasteiger charge is -2.14. The average Bonchev–Trinajstić information content (AvgIpc) is 2.87. The van der Waals surface area contributed by atoms with Crippen molar-refractivity contribution >= 4 is 27.3 Å². The molecule has 1 atom stereocenters. The monoisotopic (exact) mass is 313 g/mol. The van der Waals surface area contributed by atoms with Crippen LogP contribution in [0, 0.1) is 0 Å². The van der Waals surface area contributed by atoms with Crippen molar-refractivity contribution in [2.45, 2.75) is 19.4 Å². The summed E-state index contributed by atoms with van der Waals surface area (Å²) in [6.45, 7) is 3.10. The molecule has 0 aliphatic heterocycles. The standard InChI is InChI=1S/C12H16BrN3S/c1-3-14-11(12-6-9(13)8-17-12)7-10-4-5-16(2)15-10/h4-6,8,11,14H,3,7H2,1-2H3. The molecular formula is C12H16BrN3S. The van der Waals surface area contributed by atoms with E-state index in [0.29, 0.717) is 6.04 Å². The summed E-state index contributed by atoms with van der Waals surface area (Å²) < 4.78 is 3.00. The van der Waals surface area contributed by atoms with Crippen LogP contribution >= 0.6 is 27.3 Å². The van der Waals surface area contributed by atoms with Gasteiger partial charge in [0.2, 0.25) is 0 Å². The van der Waals surface area contributed by atoms with Crippen molar-refractivity contribution < 1.29 is 0 Å². The molecule has 0 aromatic carbocycles. The Balaban J connectivity index is 2.12. The van der Waals surface area contributed by atoms with Crippen LogP contribution in [0.15, 0.2) is 28.2 Å². The number of nitrogens with one attached hydrogen (secondary N) is 1. The SMILES string of the molecule is CCNC(Cc1ccn(C)n1)c1cc(Br)cs1. The van der Waals surface area contributed by atoms with Crippen LogP contribution in [-0.2, 0) is 13.5 Å². The molecule has 0 aliphatic carbocycles. The summed E-state index contributed by atoms with van der Waals surface area (Å²) in [5, 5.41) is 10.1. The summed E-state index contributed by atoms with van der Waals surface area (Å²) in [5.41, 5.74) is 1.13. The Morgan fingerprint density at radius 3 is 2.94 bits per heavy atom. The summed E-state index contributed by atoms with van der Waals surface area (Å²) in [6.07, 6.45) is 2.92. The third-order valence-electron chi connectivity index (χ3n) is 2.56. The number of aromatic nitrogens is 2. The van der Waals surface area contributed by atoms with Crippen LogP contribution in [0.4, 0.5) is 0 Å². The smallest absolute Gasteiger partial charge is 0.0643 e. The molecule has 0 spiro atoms. The summed E-state index contributed by atoms with van der Waals surface area (Å²) >= 11 is 5.28. The lowest BCUT2D eigenvalue weighted by molar-refractivity contribution is 0.547. The van der Waals surface area contributed by atoms with Crippen LogP contribution in [0.3, 0.4) is 0 Å². The predicted molar refractivity (Wildman–Crippen MR) is 75.3 cm³/mol. The first kappa shape index (κ1) is 12.8. The molecule has 92 valence electrons. The number of thiophene rings is 1. The van der Waals surface area contributed by atoms with Gasteiger partial charge in [0.1, 0.15) is 0 Å². The second-order valence-electron chi connectivity index (χ2n) is 3.96. The molecular weight excluding hydrogens is 298 g/mol. The molecule has 2 rings (SSSR count). The fraction of sp³-hybridized carbons (Fsp3) is 0.417. The van der Waals surface area contributed by atoms with Crippen LogP contribution in [0.1, 0.15) is 23.5 Å². The van der Waals surface area contributed by atoms with Crippen molar-refractivity contribution in [1.82, 2.24) is 15.1 Å². The predicted octanol–water partition coefficient (Wildman–Crippen LogP) is 3.14. The molecule has 0 bridgehead atoms. The molecule has 2 aromatic heterocycles. The van der Waals surface area contributed by atoms with Crippen molar-refractivity contribution in [2.75, 3.05) is 6.54 Å². The molecule has 1 N–H and O–H groups in total. The van der Waals surface area contributed by atoms with Gasteiger partial charge in [-0.15, -0.1) is 11.3 Å². The highest BCUT2D eigenvalue weighted by Gasteiger charge is 2.14. The molecule has 0 radical (unpaired) electrons. The Hall–Kier alpha value is -0.650. The topological polar surface area (TPSA) is 29.9 Å². The van der Waals surface area contributed by atoms with Crippen LogP contribution in [-0.4, -0.2) is 16.3 Å². The van der Waals surface area contributed by atoms with E-state index >= 15 is 0 Å². The van der Waals surface area contributed by atoms with Gasteiger partial charge in [0.15, 0.2) is 0 Å². The van der Waals surface area contributed by atoms with Gasteiger partial charge in [0, 0.05) is 40.4 Å². The summed E-state index contributed by atoms with van der Waals surface area (Å²) in [6, 6.07) is 4.61. The number of halogens is 1. The van der Waals surface area contributed by atoms with Gasteiger partial charge < -0.3 is 5.32 Å². The molecule has 2 aromatic rings. The molecule has 0 saturated carbocycles. The molecule has 0 fully saturated rings. The van der Waals surface area contributed by atoms with Gasteiger partial charge in [0.25, 0.3) is 0 Å². The van der Waals surface area contributed by atoms with E-state index in [1.807, 2.05) is 17.9 Å². The van der Waals surface area contributed by atoms with Gasteiger partial charge in [-0.25, -0.2) is 0 Å². The number of hydrogen-bond acceptors (Lipinski definition) is 3. The zero-order chi connectivity index (χ0) is 12.3. The van der Waals surface area contributed by atoms with Crippen molar-refractivity contribution in [2.24, 2.45) is 7.05 Å². The fourth-order valence-electron chi connectivity index (χ4n) is 1.81. The van der Waals surface area contributed by atoms with E-state index in [2.05, 4.69) is 50.8 Å². The number of hydrogen-bond donors (Lipinski definition) is 1. The van der Waals surface area contributed by atoms with Crippen molar-refractivity contribution in [1.29, 1.82) is 0 Å². The number of aryl methyl sites for hydroxylation is 1. The van der Waals surface area contributed by atoms with Crippen LogP contribution in [0.25, 0.3) is 0 Å². The highest BCUT2D eigenvalue weighted by molar-refractivity contribution is 9.10. The summed E-state index contributed by atoms with van der Waals surface area (Å²) in [4.78, 5) is 1.35. The maximum absolute atomic E-state index is 4.43. The van der Waals surface area contributed by atoms with Crippen molar-refractivity contribution in [3.63, 3.8) is 0 Å². The van der Waals surface area contributed by atoms with Gasteiger partial charge in [-0.05, 0) is 34.6 Å². The summed E-state index contributed by atoms with van der Waals surface area (Å²) in [7, 11) is 1.95. The maximum Gasteiger partial charge on any atom is 0.0643 e. The Morgan fingerprint density at radius 1 is 1.59 bits per heavy atom. The minimum absolute atomic E-state index is 0.353. The zero-order valence-corrected chi connectivity index (χ0v) is 12.4. The molecule has 0 amide bonds. The van der Waals surface area contributed by atoms with E-state index in [-0.39, 0.29) is 0 Å². The molecule has 2 heterocycles. The quantitative estimate of drug-likeness (QED) is 0.919. The first-order valence-corrected chi connectivity index (χ1v) is 7.32. The van der Waals surface area contributed by atoms with Crippen LogP contribution in [0.5, 0.6) is 0 Å².